The lowest BCUT2D eigenvalue weighted by Crippen LogP contribution is -2.44. The van der Waals surface area contributed by atoms with Crippen LogP contribution in [-0.4, -0.2) is 54.1 Å². The molecule has 1 aliphatic heterocycles. The highest BCUT2D eigenvalue weighted by atomic mass is 15.2. The molecule has 1 saturated carbocycles. The number of rotatable bonds is 5. The van der Waals surface area contributed by atoms with Gasteiger partial charge < -0.3 is 10.2 Å². The van der Waals surface area contributed by atoms with E-state index in [2.05, 4.69) is 39.3 Å². The summed E-state index contributed by atoms with van der Waals surface area (Å²) < 4.78 is 0. The van der Waals surface area contributed by atoms with Crippen LogP contribution >= 0.6 is 0 Å². The van der Waals surface area contributed by atoms with Gasteiger partial charge in [0, 0.05) is 51.5 Å². The Hall–Kier alpha value is -0.970. The zero-order valence-electron chi connectivity index (χ0n) is 11.8. The predicted molar refractivity (Wildman–Crippen MR) is 76.9 cm³/mol. The molecule has 2 fully saturated rings. The fourth-order valence-electron chi connectivity index (χ4n) is 2.44. The van der Waals surface area contributed by atoms with Gasteiger partial charge in [0.15, 0.2) is 0 Å². The topological polar surface area (TPSA) is 31.4 Å². The number of hydrogen-bond acceptors (Lipinski definition) is 4. The SMILES string of the molecule is CN1CCN(Cc2ccc(CNC3CC3)cn2)CC1. The second kappa shape index (κ2) is 5.99. The largest absolute Gasteiger partial charge is 0.310 e. The van der Waals surface area contributed by atoms with Crippen LogP contribution in [0.4, 0.5) is 0 Å². The molecular weight excluding hydrogens is 236 g/mol. The predicted octanol–water partition coefficient (Wildman–Crippen LogP) is 1.08. The number of pyridine rings is 1. The molecule has 1 aromatic rings. The smallest absolute Gasteiger partial charge is 0.0544 e. The van der Waals surface area contributed by atoms with Crippen LogP contribution in [-0.2, 0) is 13.1 Å². The van der Waals surface area contributed by atoms with Crippen molar-refractivity contribution >= 4 is 0 Å². The molecule has 0 radical (unpaired) electrons. The van der Waals surface area contributed by atoms with Crippen molar-refractivity contribution in [1.82, 2.24) is 20.1 Å². The Kier molecular flexibility index (Phi) is 4.11. The minimum atomic E-state index is 0.769. The molecule has 1 saturated heterocycles. The number of aromatic nitrogens is 1. The second-order valence-corrected chi connectivity index (χ2v) is 5.89. The van der Waals surface area contributed by atoms with Crippen molar-refractivity contribution in [3.05, 3.63) is 29.6 Å². The molecule has 4 nitrogen and oxygen atoms in total. The Balaban J connectivity index is 1.47. The first-order valence-corrected chi connectivity index (χ1v) is 7.38. The van der Waals surface area contributed by atoms with Crippen LogP contribution in [0.1, 0.15) is 24.1 Å². The Morgan fingerprint density at radius 1 is 1.21 bits per heavy atom. The maximum absolute atomic E-state index is 4.59. The third kappa shape index (κ3) is 4.00. The van der Waals surface area contributed by atoms with Crippen molar-refractivity contribution in [1.29, 1.82) is 0 Å². The van der Waals surface area contributed by atoms with Gasteiger partial charge in [-0.15, -0.1) is 0 Å². The van der Waals surface area contributed by atoms with E-state index in [0.717, 1.165) is 32.2 Å². The molecule has 0 bridgehead atoms. The number of nitrogens with one attached hydrogen (secondary N) is 1. The summed E-state index contributed by atoms with van der Waals surface area (Å²) in [6.45, 7) is 6.61. The van der Waals surface area contributed by atoms with Gasteiger partial charge in [-0.2, -0.15) is 0 Å². The van der Waals surface area contributed by atoms with E-state index in [-0.39, 0.29) is 0 Å². The van der Waals surface area contributed by atoms with Crippen LogP contribution in [0.2, 0.25) is 0 Å². The second-order valence-electron chi connectivity index (χ2n) is 5.89. The van der Waals surface area contributed by atoms with Crippen LogP contribution in [0.25, 0.3) is 0 Å². The molecule has 1 aliphatic carbocycles. The lowest BCUT2D eigenvalue weighted by atomic mass is 10.2. The molecule has 2 aliphatic rings. The monoisotopic (exact) mass is 260 g/mol. The van der Waals surface area contributed by atoms with Gasteiger partial charge in [-0.25, -0.2) is 0 Å². The van der Waals surface area contributed by atoms with Crippen LogP contribution in [0.3, 0.4) is 0 Å². The van der Waals surface area contributed by atoms with Crippen LogP contribution < -0.4 is 5.32 Å². The van der Waals surface area contributed by atoms with Crippen molar-refractivity contribution in [2.24, 2.45) is 0 Å². The van der Waals surface area contributed by atoms with E-state index in [4.69, 9.17) is 0 Å². The zero-order chi connectivity index (χ0) is 13.1. The van der Waals surface area contributed by atoms with E-state index in [9.17, 15) is 0 Å². The van der Waals surface area contributed by atoms with Crippen molar-refractivity contribution in [2.75, 3.05) is 33.2 Å². The van der Waals surface area contributed by atoms with Gasteiger partial charge in [0.05, 0.1) is 5.69 Å². The van der Waals surface area contributed by atoms with Gasteiger partial charge >= 0.3 is 0 Å². The minimum Gasteiger partial charge on any atom is -0.310 e. The Labute approximate surface area is 115 Å². The summed E-state index contributed by atoms with van der Waals surface area (Å²) in [5.41, 5.74) is 2.49. The Morgan fingerprint density at radius 2 is 2.00 bits per heavy atom. The molecule has 0 atom stereocenters. The summed E-state index contributed by atoms with van der Waals surface area (Å²) in [5.74, 6) is 0. The first kappa shape index (κ1) is 13.0. The fourth-order valence-corrected chi connectivity index (χ4v) is 2.44. The summed E-state index contributed by atoms with van der Waals surface area (Å²) in [5, 5.41) is 3.52. The maximum atomic E-state index is 4.59. The first-order valence-electron chi connectivity index (χ1n) is 7.38. The number of nitrogens with zero attached hydrogens (tertiary/aromatic N) is 3. The minimum absolute atomic E-state index is 0.769. The fraction of sp³-hybridized carbons (Fsp3) is 0.667. The molecule has 1 aromatic heterocycles. The molecular formula is C15H24N4. The summed E-state index contributed by atoms with van der Waals surface area (Å²) in [4.78, 5) is 9.47. The van der Waals surface area contributed by atoms with Crippen molar-refractivity contribution < 1.29 is 0 Å². The lowest BCUT2D eigenvalue weighted by Gasteiger charge is -2.32. The highest BCUT2D eigenvalue weighted by Gasteiger charge is 2.20. The summed E-state index contributed by atoms with van der Waals surface area (Å²) in [7, 11) is 2.19. The van der Waals surface area contributed by atoms with E-state index in [1.807, 2.05) is 6.20 Å². The van der Waals surface area contributed by atoms with E-state index < -0.39 is 0 Å². The molecule has 1 N–H and O–H groups in total. The van der Waals surface area contributed by atoms with Gasteiger partial charge in [0.25, 0.3) is 0 Å². The highest BCUT2D eigenvalue weighted by Crippen LogP contribution is 2.19. The molecule has 4 heteroatoms. The van der Waals surface area contributed by atoms with Crippen molar-refractivity contribution in [3.63, 3.8) is 0 Å². The average molecular weight is 260 g/mol. The van der Waals surface area contributed by atoms with Crippen LogP contribution in [0.15, 0.2) is 18.3 Å². The third-order valence-electron chi connectivity index (χ3n) is 4.04. The molecule has 3 rings (SSSR count). The quantitative estimate of drug-likeness (QED) is 0.858. The van der Waals surface area contributed by atoms with E-state index in [1.54, 1.807) is 0 Å². The number of piperazine rings is 1. The van der Waals surface area contributed by atoms with Gasteiger partial charge in [-0.1, -0.05) is 6.07 Å². The molecule has 0 amide bonds. The van der Waals surface area contributed by atoms with Crippen LogP contribution in [0.5, 0.6) is 0 Å². The Morgan fingerprint density at radius 3 is 2.63 bits per heavy atom. The van der Waals surface area contributed by atoms with Crippen molar-refractivity contribution in [3.8, 4) is 0 Å². The number of hydrogen-bond donors (Lipinski definition) is 1. The molecule has 0 aromatic carbocycles. The van der Waals surface area contributed by atoms with E-state index in [0.29, 0.717) is 0 Å². The zero-order valence-corrected chi connectivity index (χ0v) is 11.8. The summed E-state index contributed by atoms with van der Waals surface area (Å²) in [6, 6.07) is 5.17. The highest BCUT2D eigenvalue weighted by molar-refractivity contribution is 5.14. The normalized spacial score (nSPS) is 21.7. The average Bonchev–Trinajstić information content (AvgIpc) is 3.25. The molecule has 0 spiro atoms. The molecule has 19 heavy (non-hydrogen) atoms. The Bertz CT molecular complexity index is 391. The summed E-state index contributed by atoms with van der Waals surface area (Å²) >= 11 is 0. The van der Waals surface area contributed by atoms with Crippen molar-refractivity contribution in [2.45, 2.75) is 32.0 Å². The van der Waals surface area contributed by atoms with Gasteiger partial charge in [-0.05, 0) is 31.5 Å². The standard InChI is InChI=1S/C15H24N4/c1-18-6-8-19(9-7-18)12-15-3-2-13(11-17-15)10-16-14-4-5-14/h2-3,11,14,16H,4-10,12H2,1H3. The van der Waals surface area contributed by atoms with E-state index >= 15 is 0 Å². The summed E-state index contributed by atoms with van der Waals surface area (Å²) in [6.07, 6.45) is 4.71. The first-order chi connectivity index (χ1) is 9.29. The third-order valence-corrected chi connectivity index (χ3v) is 4.04. The van der Waals surface area contributed by atoms with Gasteiger partial charge in [0.1, 0.15) is 0 Å². The molecule has 104 valence electrons. The number of likely N-dealkylation sites (N-methyl/N-ethyl adjacent to an activating group) is 1. The lowest BCUT2D eigenvalue weighted by molar-refractivity contribution is 0.147. The molecule has 0 unspecified atom stereocenters. The molecule has 2 heterocycles. The maximum Gasteiger partial charge on any atom is 0.0544 e. The van der Waals surface area contributed by atoms with Crippen LogP contribution in [0, 0.1) is 0 Å². The van der Waals surface area contributed by atoms with E-state index in [1.165, 1.54) is 37.2 Å². The van der Waals surface area contributed by atoms with Gasteiger partial charge in [0.2, 0.25) is 0 Å². The van der Waals surface area contributed by atoms with Gasteiger partial charge in [-0.3, -0.25) is 9.88 Å².